The summed E-state index contributed by atoms with van der Waals surface area (Å²) in [6.45, 7) is 4.91. The molecule has 3 rings (SSSR count). The summed E-state index contributed by atoms with van der Waals surface area (Å²) in [7, 11) is -3.78. The second kappa shape index (κ2) is 11.2. The number of rotatable bonds is 10. The van der Waals surface area contributed by atoms with Gasteiger partial charge in [-0.2, -0.15) is 0 Å². The molecule has 1 amide bonds. The van der Waals surface area contributed by atoms with Gasteiger partial charge in [-0.3, -0.25) is 9.52 Å². The van der Waals surface area contributed by atoms with Gasteiger partial charge in [0.2, 0.25) is 0 Å². The number of carbonyl (C=O) groups excluding carboxylic acids is 1. The Morgan fingerprint density at radius 1 is 1.03 bits per heavy atom. The van der Waals surface area contributed by atoms with Gasteiger partial charge in [0.15, 0.2) is 0 Å². The average Bonchev–Trinajstić information content (AvgIpc) is 2.79. The maximum atomic E-state index is 12.6. The van der Waals surface area contributed by atoms with Crippen molar-refractivity contribution in [3.05, 3.63) is 88.4 Å². The Hall–Kier alpha value is -3.03. The second-order valence-electron chi connectivity index (χ2n) is 7.51. The first-order valence-corrected chi connectivity index (χ1v) is 12.5. The lowest BCUT2D eigenvalue weighted by molar-refractivity contribution is 0.0953. The van der Waals surface area contributed by atoms with Crippen LogP contribution in [-0.4, -0.2) is 27.5 Å². The molecule has 0 aliphatic rings. The van der Waals surface area contributed by atoms with Gasteiger partial charge in [-0.05, 0) is 68.7 Å². The van der Waals surface area contributed by atoms with Crippen LogP contribution in [0.1, 0.15) is 34.8 Å². The third kappa shape index (κ3) is 6.73. The van der Waals surface area contributed by atoms with Crippen molar-refractivity contribution in [3.63, 3.8) is 0 Å². The highest BCUT2D eigenvalue weighted by molar-refractivity contribution is 7.92. The second-order valence-corrected chi connectivity index (χ2v) is 9.60. The van der Waals surface area contributed by atoms with Crippen molar-refractivity contribution in [2.75, 3.05) is 17.9 Å². The van der Waals surface area contributed by atoms with Crippen molar-refractivity contribution in [2.45, 2.75) is 31.6 Å². The van der Waals surface area contributed by atoms with E-state index in [1.807, 2.05) is 38.1 Å². The van der Waals surface area contributed by atoms with E-state index in [4.69, 9.17) is 16.3 Å². The van der Waals surface area contributed by atoms with Crippen molar-refractivity contribution >= 4 is 33.2 Å². The number of aryl methyl sites for hydroxylation is 2. The van der Waals surface area contributed by atoms with Crippen LogP contribution in [0.15, 0.2) is 71.6 Å². The fraction of sp³-hybridized carbons (Fsp3) is 0.240. The van der Waals surface area contributed by atoms with Crippen molar-refractivity contribution in [2.24, 2.45) is 0 Å². The Labute approximate surface area is 200 Å². The number of halogens is 1. The van der Waals surface area contributed by atoms with Gasteiger partial charge in [-0.25, -0.2) is 8.42 Å². The van der Waals surface area contributed by atoms with Gasteiger partial charge in [-0.1, -0.05) is 47.5 Å². The SMILES string of the molecule is CCOc1ccccc1CCCNC(=O)c1ccc(NS(=O)(=O)c2ccc(C)cc2)c(Cl)c1. The number of hydrogen-bond donors (Lipinski definition) is 2. The molecular formula is C25H27ClN2O4S. The standard InChI is InChI=1S/C25H27ClN2O4S/c1-3-32-24-9-5-4-7-19(24)8-6-16-27-25(29)20-12-15-23(22(26)17-20)28-33(30,31)21-13-10-18(2)11-14-21/h4-5,7,9-15,17,28H,3,6,8,16H2,1-2H3,(H,27,29). The summed E-state index contributed by atoms with van der Waals surface area (Å²) in [6, 6.07) is 18.8. The molecule has 0 aliphatic heterocycles. The molecule has 174 valence electrons. The van der Waals surface area contributed by atoms with Crippen LogP contribution in [-0.2, 0) is 16.4 Å². The van der Waals surface area contributed by atoms with Gasteiger partial charge >= 0.3 is 0 Å². The molecule has 0 radical (unpaired) electrons. The smallest absolute Gasteiger partial charge is 0.261 e. The molecule has 0 spiro atoms. The maximum absolute atomic E-state index is 12.6. The van der Waals surface area contributed by atoms with Gasteiger partial charge in [0.05, 0.1) is 22.2 Å². The minimum absolute atomic E-state index is 0.136. The van der Waals surface area contributed by atoms with Crippen molar-refractivity contribution in [1.82, 2.24) is 5.32 Å². The summed E-state index contributed by atoms with van der Waals surface area (Å²) >= 11 is 6.26. The summed E-state index contributed by atoms with van der Waals surface area (Å²) in [4.78, 5) is 12.6. The zero-order valence-electron chi connectivity index (χ0n) is 18.6. The van der Waals surface area contributed by atoms with E-state index >= 15 is 0 Å². The van der Waals surface area contributed by atoms with Gasteiger partial charge < -0.3 is 10.1 Å². The highest BCUT2D eigenvalue weighted by Crippen LogP contribution is 2.26. The van der Waals surface area contributed by atoms with Crippen LogP contribution in [0.3, 0.4) is 0 Å². The minimum Gasteiger partial charge on any atom is -0.494 e. The lowest BCUT2D eigenvalue weighted by Gasteiger charge is -2.12. The molecule has 0 bridgehead atoms. The van der Waals surface area contributed by atoms with Gasteiger partial charge in [0, 0.05) is 12.1 Å². The molecule has 3 aromatic rings. The highest BCUT2D eigenvalue weighted by atomic mass is 35.5. The summed E-state index contributed by atoms with van der Waals surface area (Å²) in [5.41, 5.74) is 2.62. The Morgan fingerprint density at radius 2 is 1.76 bits per heavy atom. The Balaban J connectivity index is 1.57. The predicted octanol–water partition coefficient (Wildman–Crippen LogP) is 5.21. The molecule has 2 N–H and O–H groups in total. The first-order valence-electron chi connectivity index (χ1n) is 10.7. The molecule has 0 saturated carbocycles. The van der Waals surface area contributed by atoms with E-state index < -0.39 is 10.0 Å². The van der Waals surface area contributed by atoms with E-state index in [1.165, 1.54) is 24.3 Å². The highest BCUT2D eigenvalue weighted by Gasteiger charge is 2.17. The topological polar surface area (TPSA) is 84.5 Å². The number of anilines is 1. The molecule has 0 saturated heterocycles. The molecule has 0 fully saturated rings. The summed E-state index contributed by atoms with van der Waals surface area (Å²) in [6.07, 6.45) is 1.52. The van der Waals surface area contributed by atoms with Crippen LogP contribution in [0.2, 0.25) is 5.02 Å². The van der Waals surface area contributed by atoms with Crippen LogP contribution >= 0.6 is 11.6 Å². The summed E-state index contributed by atoms with van der Waals surface area (Å²) in [5, 5.41) is 3.01. The zero-order valence-corrected chi connectivity index (χ0v) is 20.2. The molecule has 0 unspecified atom stereocenters. The van der Waals surface area contributed by atoms with Crippen molar-refractivity contribution < 1.29 is 17.9 Å². The number of hydrogen-bond acceptors (Lipinski definition) is 4. The number of carbonyl (C=O) groups is 1. The third-order valence-corrected chi connectivity index (χ3v) is 6.68. The number of para-hydroxylation sites is 1. The van der Waals surface area contributed by atoms with Crippen LogP contribution in [0.25, 0.3) is 0 Å². The molecule has 0 aromatic heterocycles. The molecule has 8 heteroatoms. The van der Waals surface area contributed by atoms with Crippen molar-refractivity contribution in [3.8, 4) is 5.75 Å². The molecule has 3 aromatic carbocycles. The molecule has 0 aliphatic carbocycles. The fourth-order valence-corrected chi connectivity index (χ4v) is 4.61. The molecule has 0 atom stereocenters. The number of amides is 1. The first-order chi connectivity index (χ1) is 15.8. The quantitative estimate of drug-likeness (QED) is 0.385. The number of nitrogens with one attached hydrogen (secondary N) is 2. The summed E-state index contributed by atoms with van der Waals surface area (Å²) in [5.74, 6) is 0.588. The molecular weight excluding hydrogens is 460 g/mol. The van der Waals surface area contributed by atoms with E-state index in [0.717, 1.165) is 29.7 Å². The molecule has 33 heavy (non-hydrogen) atoms. The predicted molar refractivity (Wildman–Crippen MR) is 132 cm³/mol. The first kappa shape index (κ1) is 24.6. The average molecular weight is 487 g/mol. The lowest BCUT2D eigenvalue weighted by Crippen LogP contribution is -2.25. The Morgan fingerprint density at radius 3 is 2.45 bits per heavy atom. The number of benzene rings is 3. The number of sulfonamides is 1. The van der Waals surface area contributed by atoms with Crippen LogP contribution in [0.4, 0.5) is 5.69 Å². The van der Waals surface area contributed by atoms with Crippen LogP contribution < -0.4 is 14.8 Å². The largest absolute Gasteiger partial charge is 0.494 e. The molecule has 0 heterocycles. The van der Waals surface area contributed by atoms with E-state index in [-0.39, 0.29) is 21.5 Å². The lowest BCUT2D eigenvalue weighted by atomic mass is 10.1. The maximum Gasteiger partial charge on any atom is 0.261 e. The van der Waals surface area contributed by atoms with Gasteiger partial charge in [0.25, 0.3) is 15.9 Å². The van der Waals surface area contributed by atoms with Crippen LogP contribution in [0, 0.1) is 6.92 Å². The Bertz CT molecular complexity index is 1210. The monoisotopic (exact) mass is 486 g/mol. The number of ether oxygens (including phenoxy) is 1. The minimum atomic E-state index is -3.78. The molecule has 6 nitrogen and oxygen atoms in total. The summed E-state index contributed by atoms with van der Waals surface area (Å²) < 4.78 is 33.3. The van der Waals surface area contributed by atoms with E-state index in [1.54, 1.807) is 18.2 Å². The van der Waals surface area contributed by atoms with Gasteiger partial charge in [0.1, 0.15) is 5.75 Å². The third-order valence-electron chi connectivity index (χ3n) is 4.99. The van der Waals surface area contributed by atoms with E-state index in [2.05, 4.69) is 10.0 Å². The Kier molecular flexibility index (Phi) is 8.36. The van der Waals surface area contributed by atoms with E-state index in [0.29, 0.717) is 18.7 Å². The zero-order chi connectivity index (χ0) is 23.8. The van der Waals surface area contributed by atoms with Crippen LogP contribution in [0.5, 0.6) is 5.75 Å². The van der Waals surface area contributed by atoms with E-state index in [9.17, 15) is 13.2 Å². The van der Waals surface area contributed by atoms with Crippen molar-refractivity contribution in [1.29, 1.82) is 0 Å². The fourth-order valence-electron chi connectivity index (χ4n) is 3.25. The normalized spacial score (nSPS) is 11.1. The van der Waals surface area contributed by atoms with Gasteiger partial charge in [-0.15, -0.1) is 0 Å².